The second kappa shape index (κ2) is 5.89. The van der Waals surface area contributed by atoms with E-state index in [2.05, 4.69) is 9.97 Å². The summed E-state index contributed by atoms with van der Waals surface area (Å²) in [4.78, 5) is 8.90. The second-order valence-electron chi connectivity index (χ2n) is 5.06. The predicted octanol–water partition coefficient (Wildman–Crippen LogP) is 3.35. The van der Waals surface area contributed by atoms with E-state index in [9.17, 15) is 12.8 Å². The molecular formula is C17H13FN2O2S. The van der Waals surface area contributed by atoms with E-state index in [0.717, 1.165) is 17.4 Å². The van der Waals surface area contributed by atoms with Gasteiger partial charge in [-0.3, -0.25) is 9.97 Å². The number of sulfone groups is 1. The summed E-state index contributed by atoms with van der Waals surface area (Å²) in [6.45, 7) is 0. The number of hydrogen-bond donors (Lipinski definition) is 0. The van der Waals surface area contributed by atoms with Crippen LogP contribution in [0.25, 0.3) is 22.5 Å². The Balaban J connectivity index is 2.09. The molecule has 116 valence electrons. The van der Waals surface area contributed by atoms with E-state index in [-0.39, 0.29) is 10.7 Å². The molecule has 4 nitrogen and oxygen atoms in total. The van der Waals surface area contributed by atoms with Crippen molar-refractivity contribution in [1.82, 2.24) is 9.97 Å². The summed E-state index contributed by atoms with van der Waals surface area (Å²) in [6, 6.07) is 12.4. The molecule has 3 rings (SSSR count). The summed E-state index contributed by atoms with van der Waals surface area (Å²) >= 11 is 0. The monoisotopic (exact) mass is 328 g/mol. The fourth-order valence-electron chi connectivity index (χ4n) is 2.23. The highest BCUT2D eigenvalue weighted by Crippen LogP contribution is 2.28. The molecule has 1 aromatic heterocycles. The van der Waals surface area contributed by atoms with Gasteiger partial charge in [0.15, 0.2) is 9.84 Å². The minimum Gasteiger partial charge on any atom is -0.252 e. The third-order valence-corrected chi connectivity index (χ3v) is 4.50. The fourth-order valence-corrected chi connectivity index (χ4v) is 2.86. The van der Waals surface area contributed by atoms with Crippen molar-refractivity contribution in [3.63, 3.8) is 0 Å². The molecule has 0 aliphatic heterocycles. The maximum Gasteiger partial charge on any atom is 0.175 e. The van der Waals surface area contributed by atoms with Crippen LogP contribution in [0.2, 0.25) is 0 Å². The minimum atomic E-state index is -3.25. The van der Waals surface area contributed by atoms with E-state index in [4.69, 9.17) is 0 Å². The van der Waals surface area contributed by atoms with Gasteiger partial charge in [0.1, 0.15) is 5.82 Å². The highest BCUT2D eigenvalue weighted by atomic mass is 32.2. The van der Waals surface area contributed by atoms with E-state index in [1.54, 1.807) is 36.7 Å². The van der Waals surface area contributed by atoms with Crippen molar-refractivity contribution >= 4 is 9.84 Å². The predicted molar refractivity (Wildman–Crippen MR) is 86.0 cm³/mol. The summed E-state index contributed by atoms with van der Waals surface area (Å²) < 4.78 is 36.2. The Morgan fingerprint density at radius 1 is 0.783 bits per heavy atom. The smallest absolute Gasteiger partial charge is 0.175 e. The average molecular weight is 328 g/mol. The molecule has 0 unspecified atom stereocenters. The van der Waals surface area contributed by atoms with Gasteiger partial charge in [0.25, 0.3) is 0 Å². The lowest BCUT2D eigenvalue weighted by atomic mass is 10.0. The minimum absolute atomic E-state index is 0.244. The molecule has 0 amide bonds. The van der Waals surface area contributed by atoms with Crippen LogP contribution in [0.15, 0.2) is 65.8 Å². The van der Waals surface area contributed by atoms with Crippen molar-refractivity contribution in [2.75, 3.05) is 6.26 Å². The molecule has 0 aliphatic rings. The molecule has 1 heterocycles. The van der Waals surface area contributed by atoms with Crippen LogP contribution in [0.1, 0.15) is 0 Å². The van der Waals surface area contributed by atoms with Gasteiger partial charge in [0, 0.05) is 29.8 Å². The number of rotatable bonds is 3. The molecule has 6 heteroatoms. The third-order valence-electron chi connectivity index (χ3n) is 3.37. The van der Waals surface area contributed by atoms with Crippen molar-refractivity contribution in [2.45, 2.75) is 4.90 Å². The SMILES string of the molecule is CS(=O)(=O)c1ccc(-c2nccnc2-c2ccc(F)cc2)cc1. The van der Waals surface area contributed by atoms with E-state index in [1.165, 1.54) is 24.3 Å². The van der Waals surface area contributed by atoms with Gasteiger partial charge in [-0.25, -0.2) is 12.8 Å². The van der Waals surface area contributed by atoms with Crippen molar-refractivity contribution in [3.05, 3.63) is 66.7 Å². The van der Waals surface area contributed by atoms with Crippen LogP contribution in [0, 0.1) is 5.82 Å². The zero-order valence-corrected chi connectivity index (χ0v) is 13.1. The van der Waals surface area contributed by atoms with Crippen LogP contribution in [0.5, 0.6) is 0 Å². The molecule has 0 saturated heterocycles. The Morgan fingerprint density at radius 3 is 1.65 bits per heavy atom. The first-order valence-corrected chi connectivity index (χ1v) is 8.72. The summed E-state index contributed by atoms with van der Waals surface area (Å²) in [5, 5.41) is 0. The highest BCUT2D eigenvalue weighted by molar-refractivity contribution is 7.90. The number of benzene rings is 2. The van der Waals surface area contributed by atoms with Crippen LogP contribution in [-0.4, -0.2) is 24.6 Å². The van der Waals surface area contributed by atoms with E-state index in [1.807, 2.05) is 0 Å². The summed E-state index contributed by atoms with van der Waals surface area (Å²) in [7, 11) is -3.25. The van der Waals surface area contributed by atoms with Gasteiger partial charge >= 0.3 is 0 Å². The Kier molecular flexibility index (Phi) is 3.92. The second-order valence-corrected chi connectivity index (χ2v) is 7.07. The number of nitrogens with zero attached hydrogens (tertiary/aromatic N) is 2. The quantitative estimate of drug-likeness (QED) is 0.740. The van der Waals surface area contributed by atoms with Crippen LogP contribution >= 0.6 is 0 Å². The van der Waals surface area contributed by atoms with Crippen molar-refractivity contribution in [2.24, 2.45) is 0 Å². The van der Waals surface area contributed by atoms with Crippen LogP contribution in [0.3, 0.4) is 0 Å². The topological polar surface area (TPSA) is 59.9 Å². The molecule has 0 fully saturated rings. The molecule has 0 bridgehead atoms. The maximum atomic E-state index is 13.1. The van der Waals surface area contributed by atoms with Crippen LogP contribution < -0.4 is 0 Å². The van der Waals surface area contributed by atoms with Crippen molar-refractivity contribution in [3.8, 4) is 22.5 Å². The van der Waals surface area contributed by atoms with Crippen molar-refractivity contribution in [1.29, 1.82) is 0 Å². The standard InChI is InChI=1S/C17H13FN2O2S/c1-23(21,22)15-8-4-13(5-9-15)17-16(19-10-11-20-17)12-2-6-14(18)7-3-12/h2-11H,1H3. The van der Waals surface area contributed by atoms with Gasteiger partial charge in [0.05, 0.1) is 16.3 Å². The van der Waals surface area contributed by atoms with Crippen LogP contribution in [-0.2, 0) is 9.84 Å². The molecule has 0 aliphatic carbocycles. The summed E-state index contributed by atoms with van der Waals surface area (Å²) in [5.74, 6) is -0.323. The van der Waals surface area contributed by atoms with Gasteiger partial charge in [-0.15, -0.1) is 0 Å². The number of aromatic nitrogens is 2. The third kappa shape index (κ3) is 3.27. The lowest BCUT2D eigenvalue weighted by Crippen LogP contribution is -1.97. The zero-order chi connectivity index (χ0) is 16.4. The Labute approximate surface area is 133 Å². The molecule has 0 N–H and O–H groups in total. The first-order valence-electron chi connectivity index (χ1n) is 6.82. The normalized spacial score (nSPS) is 11.4. The number of halogens is 1. The Bertz CT molecular complexity index is 937. The van der Waals surface area contributed by atoms with Crippen LogP contribution in [0.4, 0.5) is 4.39 Å². The fraction of sp³-hybridized carbons (Fsp3) is 0.0588. The number of hydrogen-bond acceptors (Lipinski definition) is 4. The molecule has 0 saturated carbocycles. The van der Waals surface area contributed by atoms with Crippen molar-refractivity contribution < 1.29 is 12.8 Å². The first-order chi connectivity index (χ1) is 10.9. The van der Waals surface area contributed by atoms with Gasteiger partial charge in [-0.05, 0) is 36.4 Å². The molecular weight excluding hydrogens is 315 g/mol. The first kappa shape index (κ1) is 15.3. The lowest BCUT2D eigenvalue weighted by Gasteiger charge is -2.08. The molecule has 0 radical (unpaired) electrons. The molecule has 2 aromatic carbocycles. The van der Waals surface area contributed by atoms with Gasteiger partial charge in [0.2, 0.25) is 0 Å². The lowest BCUT2D eigenvalue weighted by molar-refractivity contribution is 0.602. The van der Waals surface area contributed by atoms with E-state index >= 15 is 0 Å². The molecule has 0 spiro atoms. The van der Waals surface area contributed by atoms with Gasteiger partial charge < -0.3 is 0 Å². The van der Waals surface area contributed by atoms with E-state index < -0.39 is 9.84 Å². The van der Waals surface area contributed by atoms with E-state index in [0.29, 0.717) is 11.4 Å². The average Bonchev–Trinajstić information content (AvgIpc) is 2.55. The summed E-state index contributed by atoms with van der Waals surface area (Å²) in [5.41, 5.74) is 2.70. The van der Waals surface area contributed by atoms with Gasteiger partial charge in [-0.2, -0.15) is 0 Å². The van der Waals surface area contributed by atoms with Gasteiger partial charge in [-0.1, -0.05) is 12.1 Å². The molecule has 23 heavy (non-hydrogen) atoms. The molecule has 3 aromatic rings. The highest BCUT2D eigenvalue weighted by Gasteiger charge is 2.12. The maximum absolute atomic E-state index is 13.1. The Morgan fingerprint density at radius 2 is 1.22 bits per heavy atom. The largest absolute Gasteiger partial charge is 0.252 e. The zero-order valence-electron chi connectivity index (χ0n) is 12.3. The Hall–Kier alpha value is -2.60. The molecule has 0 atom stereocenters. The summed E-state index contributed by atoms with van der Waals surface area (Å²) in [6.07, 6.45) is 4.29.